The van der Waals surface area contributed by atoms with E-state index in [4.69, 9.17) is 10.3 Å². The van der Waals surface area contributed by atoms with Crippen LogP contribution >= 0.6 is 0 Å². The van der Waals surface area contributed by atoms with E-state index in [1.54, 1.807) is 31.4 Å². The second kappa shape index (κ2) is 6.48. The Kier molecular flexibility index (Phi) is 4.89. The Morgan fingerprint density at radius 3 is 2.69 bits per heavy atom. The molecule has 0 spiro atoms. The molecule has 0 heterocycles. The summed E-state index contributed by atoms with van der Waals surface area (Å²) >= 11 is 0. The highest BCUT2D eigenvalue weighted by atomic mass is 16.5. The molecule has 0 aromatic heterocycles. The minimum Gasteiger partial charge on any atom is -0.497 e. The van der Waals surface area contributed by atoms with Crippen LogP contribution in [0.1, 0.15) is 23.2 Å². The van der Waals surface area contributed by atoms with Gasteiger partial charge in [0.1, 0.15) is 5.75 Å². The van der Waals surface area contributed by atoms with Gasteiger partial charge in [-0.2, -0.15) is 0 Å². The van der Waals surface area contributed by atoms with Crippen molar-refractivity contribution >= 4 is 5.78 Å². The van der Waals surface area contributed by atoms with Crippen LogP contribution in [0.25, 0.3) is 10.4 Å². The lowest BCUT2D eigenvalue weighted by Gasteiger charge is -2.02. The molecule has 1 rings (SSSR count). The van der Waals surface area contributed by atoms with Crippen molar-refractivity contribution in [2.75, 3.05) is 13.7 Å². The van der Waals surface area contributed by atoms with Crippen molar-refractivity contribution in [3.05, 3.63) is 40.3 Å². The van der Waals surface area contributed by atoms with Gasteiger partial charge >= 0.3 is 0 Å². The Labute approximate surface area is 93.7 Å². The molecule has 0 saturated heterocycles. The predicted molar refractivity (Wildman–Crippen MR) is 60.6 cm³/mol. The van der Waals surface area contributed by atoms with Gasteiger partial charge in [0.2, 0.25) is 0 Å². The van der Waals surface area contributed by atoms with Crippen molar-refractivity contribution in [3.63, 3.8) is 0 Å². The van der Waals surface area contributed by atoms with Gasteiger partial charge in [-0.05, 0) is 36.2 Å². The number of ether oxygens (including phenoxy) is 1. The Hall–Kier alpha value is -2.00. The lowest BCUT2D eigenvalue weighted by Crippen LogP contribution is -1.99. The van der Waals surface area contributed by atoms with Crippen molar-refractivity contribution in [1.82, 2.24) is 0 Å². The molecule has 0 unspecified atom stereocenters. The monoisotopic (exact) mass is 219 g/mol. The van der Waals surface area contributed by atoms with Gasteiger partial charge in [0.15, 0.2) is 5.78 Å². The molecule has 1 aromatic carbocycles. The van der Waals surface area contributed by atoms with Crippen molar-refractivity contribution in [2.24, 2.45) is 5.11 Å². The fraction of sp³-hybridized carbons (Fsp3) is 0.364. The zero-order chi connectivity index (χ0) is 11.8. The molecule has 0 amide bonds. The fourth-order valence-corrected chi connectivity index (χ4v) is 1.28. The summed E-state index contributed by atoms with van der Waals surface area (Å²) in [6, 6.07) is 6.96. The molecule has 0 N–H and O–H groups in total. The third-order valence-electron chi connectivity index (χ3n) is 2.14. The van der Waals surface area contributed by atoms with E-state index in [-0.39, 0.29) is 5.78 Å². The summed E-state index contributed by atoms with van der Waals surface area (Å²) in [4.78, 5) is 14.3. The number of azide groups is 1. The normalized spacial score (nSPS) is 9.31. The van der Waals surface area contributed by atoms with Crippen LogP contribution in [0.5, 0.6) is 5.75 Å². The summed E-state index contributed by atoms with van der Waals surface area (Å²) in [7, 11) is 1.58. The first-order valence-electron chi connectivity index (χ1n) is 4.96. The van der Waals surface area contributed by atoms with Crippen LogP contribution in [-0.2, 0) is 0 Å². The molecular formula is C11H13N3O2. The molecule has 0 aliphatic carbocycles. The van der Waals surface area contributed by atoms with Crippen molar-refractivity contribution < 1.29 is 9.53 Å². The molecule has 5 nitrogen and oxygen atoms in total. The number of nitrogens with zero attached hydrogens (tertiary/aromatic N) is 3. The van der Waals surface area contributed by atoms with Crippen LogP contribution < -0.4 is 4.74 Å². The summed E-state index contributed by atoms with van der Waals surface area (Å²) < 4.78 is 5.00. The number of hydrogen-bond acceptors (Lipinski definition) is 3. The van der Waals surface area contributed by atoms with Gasteiger partial charge in [0, 0.05) is 23.4 Å². The third kappa shape index (κ3) is 3.63. The van der Waals surface area contributed by atoms with Crippen molar-refractivity contribution in [2.45, 2.75) is 12.8 Å². The van der Waals surface area contributed by atoms with E-state index < -0.39 is 0 Å². The average Bonchev–Trinajstić information content (AvgIpc) is 2.34. The van der Waals surface area contributed by atoms with Gasteiger partial charge in [0.05, 0.1) is 7.11 Å². The molecule has 5 heteroatoms. The first-order valence-corrected chi connectivity index (χ1v) is 4.96. The highest BCUT2D eigenvalue weighted by Crippen LogP contribution is 2.13. The maximum atomic E-state index is 11.6. The van der Waals surface area contributed by atoms with E-state index >= 15 is 0 Å². The van der Waals surface area contributed by atoms with Gasteiger partial charge in [-0.3, -0.25) is 4.79 Å². The van der Waals surface area contributed by atoms with Crippen LogP contribution in [-0.4, -0.2) is 19.4 Å². The molecule has 0 saturated carbocycles. The molecule has 0 bridgehead atoms. The number of carbonyl (C=O) groups excluding carboxylic acids is 1. The second-order valence-corrected chi connectivity index (χ2v) is 3.21. The van der Waals surface area contributed by atoms with Gasteiger partial charge in [-0.1, -0.05) is 5.11 Å². The number of Topliss-reactive ketones (excluding diaryl/α,β-unsaturated/α-hetero) is 1. The van der Waals surface area contributed by atoms with E-state index in [0.29, 0.717) is 24.9 Å². The first-order chi connectivity index (χ1) is 7.77. The number of rotatable bonds is 6. The molecule has 0 atom stereocenters. The highest BCUT2D eigenvalue weighted by Gasteiger charge is 2.04. The fourth-order valence-electron chi connectivity index (χ4n) is 1.28. The molecule has 0 aliphatic rings. The Morgan fingerprint density at radius 1 is 1.44 bits per heavy atom. The Morgan fingerprint density at radius 2 is 2.12 bits per heavy atom. The maximum Gasteiger partial charge on any atom is 0.162 e. The zero-order valence-corrected chi connectivity index (χ0v) is 9.09. The van der Waals surface area contributed by atoms with Crippen LogP contribution in [0, 0.1) is 0 Å². The molecule has 0 radical (unpaired) electrons. The van der Waals surface area contributed by atoms with Gasteiger partial charge < -0.3 is 4.74 Å². The van der Waals surface area contributed by atoms with Crippen molar-refractivity contribution in [1.29, 1.82) is 0 Å². The van der Waals surface area contributed by atoms with Crippen molar-refractivity contribution in [3.8, 4) is 5.75 Å². The summed E-state index contributed by atoms with van der Waals surface area (Å²) in [6.45, 7) is 0.360. The topological polar surface area (TPSA) is 75.1 Å². The second-order valence-electron chi connectivity index (χ2n) is 3.21. The lowest BCUT2D eigenvalue weighted by molar-refractivity contribution is 0.0981. The molecule has 84 valence electrons. The minimum absolute atomic E-state index is 0.0517. The zero-order valence-electron chi connectivity index (χ0n) is 9.09. The highest BCUT2D eigenvalue weighted by molar-refractivity contribution is 5.96. The van der Waals surface area contributed by atoms with Crippen LogP contribution in [0.15, 0.2) is 29.4 Å². The van der Waals surface area contributed by atoms with Crippen LogP contribution in [0.2, 0.25) is 0 Å². The van der Waals surface area contributed by atoms with Gasteiger partial charge in [-0.25, -0.2) is 0 Å². The Balaban J connectivity index is 2.49. The maximum absolute atomic E-state index is 11.6. The van der Waals surface area contributed by atoms with E-state index in [9.17, 15) is 4.79 Å². The summed E-state index contributed by atoms with van der Waals surface area (Å²) in [6.07, 6.45) is 0.972. The SMILES string of the molecule is COc1ccc(C(=O)CCCN=[N+]=[N-])cc1. The lowest BCUT2D eigenvalue weighted by atomic mass is 10.1. The predicted octanol–water partition coefficient (Wildman–Crippen LogP) is 2.97. The molecule has 1 aromatic rings. The minimum atomic E-state index is 0.0517. The molecule has 0 fully saturated rings. The van der Waals surface area contributed by atoms with Crippen LogP contribution in [0.3, 0.4) is 0 Å². The third-order valence-corrected chi connectivity index (χ3v) is 2.14. The molecule has 0 aliphatic heterocycles. The van der Waals surface area contributed by atoms with E-state index in [2.05, 4.69) is 10.0 Å². The Bertz CT molecular complexity index is 394. The standard InChI is InChI=1S/C11H13N3O2/c1-16-10-6-4-9(5-7-10)11(15)3-2-8-13-14-12/h4-7H,2-3,8H2,1H3. The molecule has 16 heavy (non-hydrogen) atoms. The number of methoxy groups -OCH3 is 1. The van der Waals surface area contributed by atoms with Crippen LogP contribution in [0.4, 0.5) is 0 Å². The van der Waals surface area contributed by atoms with Gasteiger partial charge in [0.25, 0.3) is 0 Å². The summed E-state index contributed by atoms with van der Waals surface area (Å²) in [5, 5.41) is 3.37. The number of carbonyl (C=O) groups is 1. The van der Waals surface area contributed by atoms with E-state index in [1.807, 2.05) is 0 Å². The smallest absolute Gasteiger partial charge is 0.162 e. The summed E-state index contributed by atoms with van der Waals surface area (Å²) in [5.41, 5.74) is 8.72. The first kappa shape index (κ1) is 12.1. The average molecular weight is 219 g/mol. The largest absolute Gasteiger partial charge is 0.497 e. The number of hydrogen-bond donors (Lipinski definition) is 0. The summed E-state index contributed by atoms with van der Waals surface area (Å²) in [5.74, 6) is 0.779. The number of ketones is 1. The van der Waals surface area contributed by atoms with Gasteiger partial charge in [-0.15, -0.1) is 0 Å². The van der Waals surface area contributed by atoms with E-state index in [1.165, 1.54) is 0 Å². The quantitative estimate of drug-likeness (QED) is 0.242. The van der Waals surface area contributed by atoms with E-state index in [0.717, 1.165) is 5.75 Å². The number of benzene rings is 1. The molecular weight excluding hydrogens is 206 g/mol.